The lowest BCUT2D eigenvalue weighted by Gasteiger charge is -2.14. The maximum atomic E-state index is 11.4. The Hall–Kier alpha value is -2.27. The van der Waals surface area contributed by atoms with Crippen molar-refractivity contribution in [1.29, 1.82) is 0 Å². The summed E-state index contributed by atoms with van der Waals surface area (Å²) in [6.07, 6.45) is 0.724. The van der Waals surface area contributed by atoms with Gasteiger partial charge in [-0.25, -0.2) is 4.79 Å². The highest BCUT2D eigenvalue weighted by Gasteiger charge is 2.18. The molecule has 0 saturated carbocycles. The highest BCUT2D eigenvalue weighted by Crippen LogP contribution is 2.23. The summed E-state index contributed by atoms with van der Waals surface area (Å²) >= 11 is 0. The summed E-state index contributed by atoms with van der Waals surface area (Å²) in [6, 6.07) is 11.2. The highest BCUT2D eigenvalue weighted by atomic mass is 16.5. The van der Waals surface area contributed by atoms with Gasteiger partial charge in [0.15, 0.2) is 0 Å². The summed E-state index contributed by atoms with van der Waals surface area (Å²) < 4.78 is 15.4. The Kier molecular flexibility index (Phi) is 5.00. The second-order valence-corrected chi connectivity index (χ2v) is 4.59. The highest BCUT2D eigenvalue weighted by molar-refractivity contribution is 5.86. The lowest BCUT2D eigenvalue weighted by atomic mass is 10.0. The minimum Gasteiger partial charge on any atom is -0.497 e. The van der Waals surface area contributed by atoms with Gasteiger partial charge < -0.3 is 19.2 Å². The Morgan fingerprint density at radius 3 is 2.76 bits per heavy atom. The van der Waals surface area contributed by atoms with Crippen molar-refractivity contribution >= 4 is 5.97 Å². The molecular formula is C16H19NO4. The molecule has 0 fully saturated rings. The molecule has 1 unspecified atom stereocenters. The van der Waals surface area contributed by atoms with Crippen molar-refractivity contribution in [2.45, 2.75) is 12.5 Å². The number of benzene rings is 1. The first-order valence-corrected chi connectivity index (χ1v) is 6.66. The zero-order valence-corrected chi connectivity index (χ0v) is 12.4. The van der Waals surface area contributed by atoms with Crippen LogP contribution in [0, 0.1) is 0 Å². The van der Waals surface area contributed by atoms with Crippen LogP contribution in [-0.2, 0) is 11.2 Å². The molecule has 0 bridgehead atoms. The fourth-order valence-corrected chi connectivity index (χ4v) is 2.13. The van der Waals surface area contributed by atoms with E-state index in [9.17, 15) is 4.79 Å². The van der Waals surface area contributed by atoms with Crippen molar-refractivity contribution in [2.24, 2.45) is 0 Å². The molecule has 2 aromatic rings. The van der Waals surface area contributed by atoms with Gasteiger partial charge in [0.1, 0.15) is 11.5 Å². The van der Waals surface area contributed by atoms with E-state index in [1.165, 1.54) is 7.11 Å². The second kappa shape index (κ2) is 6.95. The molecule has 0 aliphatic rings. The monoisotopic (exact) mass is 289 g/mol. The number of hydrogen-bond donors (Lipinski definition) is 1. The molecule has 1 aromatic carbocycles. The van der Waals surface area contributed by atoms with Crippen LogP contribution in [0.1, 0.15) is 27.9 Å². The SMILES string of the molecule is CNC(Cc1cccc(OC)c1)c1ccc(C(=O)OC)o1. The van der Waals surface area contributed by atoms with Gasteiger partial charge in [0, 0.05) is 0 Å². The molecule has 0 saturated heterocycles. The number of carbonyl (C=O) groups excluding carboxylic acids is 1. The van der Waals surface area contributed by atoms with Crippen LogP contribution in [0.5, 0.6) is 5.75 Å². The molecule has 5 nitrogen and oxygen atoms in total. The first kappa shape index (κ1) is 15.1. The van der Waals surface area contributed by atoms with Crippen LogP contribution in [-0.4, -0.2) is 27.2 Å². The van der Waals surface area contributed by atoms with Crippen molar-refractivity contribution in [1.82, 2.24) is 5.32 Å². The number of furan rings is 1. The average Bonchev–Trinajstić information content (AvgIpc) is 3.01. The molecule has 0 spiro atoms. The number of rotatable bonds is 6. The van der Waals surface area contributed by atoms with E-state index < -0.39 is 5.97 Å². The summed E-state index contributed by atoms with van der Waals surface area (Å²) in [6.45, 7) is 0. The van der Waals surface area contributed by atoms with Gasteiger partial charge >= 0.3 is 5.97 Å². The average molecular weight is 289 g/mol. The number of hydrogen-bond acceptors (Lipinski definition) is 5. The molecule has 112 valence electrons. The minimum absolute atomic E-state index is 0.0319. The van der Waals surface area contributed by atoms with E-state index in [0.717, 1.165) is 17.7 Å². The molecule has 0 radical (unpaired) electrons. The summed E-state index contributed by atoms with van der Waals surface area (Å²) in [5, 5.41) is 3.19. The quantitative estimate of drug-likeness (QED) is 0.828. The Balaban J connectivity index is 2.15. The van der Waals surface area contributed by atoms with E-state index in [-0.39, 0.29) is 11.8 Å². The van der Waals surface area contributed by atoms with Gasteiger partial charge in [-0.1, -0.05) is 12.1 Å². The van der Waals surface area contributed by atoms with Crippen molar-refractivity contribution in [2.75, 3.05) is 21.3 Å². The van der Waals surface area contributed by atoms with Crippen molar-refractivity contribution in [3.8, 4) is 5.75 Å². The van der Waals surface area contributed by atoms with Crippen LogP contribution in [0.25, 0.3) is 0 Å². The van der Waals surface area contributed by atoms with Crippen LogP contribution in [0.4, 0.5) is 0 Å². The predicted molar refractivity (Wildman–Crippen MR) is 78.5 cm³/mol. The Morgan fingerprint density at radius 1 is 1.29 bits per heavy atom. The number of carbonyl (C=O) groups is 1. The van der Waals surface area contributed by atoms with Gasteiger partial charge in [0.2, 0.25) is 5.76 Å². The molecule has 0 aliphatic carbocycles. The van der Waals surface area contributed by atoms with Gasteiger partial charge in [0.25, 0.3) is 0 Å². The molecule has 1 atom stereocenters. The van der Waals surface area contributed by atoms with Crippen LogP contribution in [0.2, 0.25) is 0 Å². The predicted octanol–water partition coefficient (Wildman–Crippen LogP) is 2.58. The van der Waals surface area contributed by atoms with E-state index in [2.05, 4.69) is 10.1 Å². The minimum atomic E-state index is -0.475. The second-order valence-electron chi connectivity index (χ2n) is 4.59. The summed E-state index contributed by atoms with van der Waals surface area (Å²) in [4.78, 5) is 11.4. The Morgan fingerprint density at radius 2 is 2.10 bits per heavy atom. The first-order valence-electron chi connectivity index (χ1n) is 6.66. The third-order valence-electron chi connectivity index (χ3n) is 3.28. The standard InChI is InChI=1S/C16H19NO4/c1-17-13(10-11-5-4-6-12(9-11)19-2)14-7-8-15(21-14)16(18)20-3/h4-9,13,17H,10H2,1-3H3. The largest absolute Gasteiger partial charge is 0.497 e. The van der Waals surface area contributed by atoms with Crippen molar-refractivity contribution < 1.29 is 18.7 Å². The van der Waals surface area contributed by atoms with Crippen molar-refractivity contribution in [3.05, 3.63) is 53.5 Å². The fourth-order valence-electron chi connectivity index (χ4n) is 2.13. The van der Waals surface area contributed by atoms with Crippen LogP contribution >= 0.6 is 0 Å². The molecule has 1 aromatic heterocycles. The van der Waals surface area contributed by atoms with Gasteiger partial charge in [-0.05, 0) is 43.3 Å². The van der Waals surface area contributed by atoms with Crippen LogP contribution in [0.15, 0.2) is 40.8 Å². The molecule has 2 rings (SSSR count). The molecule has 1 heterocycles. The topological polar surface area (TPSA) is 60.7 Å². The molecule has 0 amide bonds. The van der Waals surface area contributed by atoms with Gasteiger partial charge in [-0.3, -0.25) is 0 Å². The number of likely N-dealkylation sites (N-methyl/N-ethyl adjacent to an activating group) is 1. The lowest BCUT2D eigenvalue weighted by Crippen LogP contribution is -2.18. The van der Waals surface area contributed by atoms with Gasteiger partial charge in [-0.2, -0.15) is 0 Å². The number of methoxy groups -OCH3 is 2. The van der Waals surface area contributed by atoms with Crippen molar-refractivity contribution in [3.63, 3.8) is 0 Å². The molecule has 1 N–H and O–H groups in total. The smallest absolute Gasteiger partial charge is 0.373 e. The normalized spacial score (nSPS) is 12.0. The Bertz CT molecular complexity index is 606. The number of esters is 1. The van der Waals surface area contributed by atoms with E-state index in [4.69, 9.17) is 9.15 Å². The first-order chi connectivity index (χ1) is 10.2. The fraction of sp³-hybridized carbons (Fsp3) is 0.312. The molecule has 0 aliphatic heterocycles. The van der Waals surface area contributed by atoms with Gasteiger partial charge in [-0.15, -0.1) is 0 Å². The van der Waals surface area contributed by atoms with Crippen LogP contribution in [0.3, 0.4) is 0 Å². The Labute approximate surface area is 123 Å². The molecule has 21 heavy (non-hydrogen) atoms. The maximum absolute atomic E-state index is 11.4. The van der Waals surface area contributed by atoms with E-state index in [0.29, 0.717) is 5.76 Å². The van der Waals surface area contributed by atoms with Gasteiger partial charge in [0.05, 0.1) is 20.3 Å². The maximum Gasteiger partial charge on any atom is 0.373 e. The van der Waals surface area contributed by atoms with E-state index >= 15 is 0 Å². The summed E-state index contributed by atoms with van der Waals surface area (Å²) in [5.41, 5.74) is 1.12. The summed E-state index contributed by atoms with van der Waals surface area (Å²) in [7, 11) is 4.82. The zero-order chi connectivity index (χ0) is 15.2. The summed E-state index contributed by atoms with van der Waals surface area (Å²) in [5.74, 6) is 1.24. The van der Waals surface area contributed by atoms with E-state index in [1.54, 1.807) is 19.2 Å². The number of nitrogens with one attached hydrogen (secondary N) is 1. The number of ether oxygens (including phenoxy) is 2. The van der Waals surface area contributed by atoms with Crippen LogP contribution < -0.4 is 10.1 Å². The molecular weight excluding hydrogens is 270 g/mol. The zero-order valence-electron chi connectivity index (χ0n) is 12.4. The van der Waals surface area contributed by atoms with E-state index in [1.807, 2.05) is 31.3 Å². The third kappa shape index (κ3) is 3.64. The lowest BCUT2D eigenvalue weighted by molar-refractivity contribution is 0.0562. The third-order valence-corrected chi connectivity index (χ3v) is 3.28. The molecule has 5 heteroatoms.